The van der Waals surface area contributed by atoms with E-state index in [0.717, 1.165) is 30.6 Å². The van der Waals surface area contributed by atoms with Crippen LogP contribution < -0.4 is 15.5 Å². The van der Waals surface area contributed by atoms with E-state index in [-0.39, 0.29) is 30.3 Å². The zero-order valence-corrected chi connectivity index (χ0v) is 19.9. The molecule has 2 aromatic heterocycles. The molecule has 0 spiro atoms. The monoisotopic (exact) mass is 481 g/mol. The highest BCUT2D eigenvalue weighted by atomic mass is 32.1. The summed E-state index contributed by atoms with van der Waals surface area (Å²) in [5, 5.41) is 9.62. The number of carbonyl (C=O) groups excluding carboxylic acids is 3. The molecule has 1 aromatic carbocycles. The summed E-state index contributed by atoms with van der Waals surface area (Å²) in [7, 11) is 0. The fraction of sp³-hybridized carbons (Fsp3) is 0.320. The van der Waals surface area contributed by atoms with Gasteiger partial charge in [-0.15, -0.1) is 22.7 Å². The first kappa shape index (κ1) is 23.2. The molecule has 4 rings (SSSR count). The van der Waals surface area contributed by atoms with E-state index in [1.54, 1.807) is 12.1 Å². The Balaban J connectivity index is 1.60. The molecule has 0 radical (unpaired) electrons. The molecular weight excluding hydrogens is 454 g/mol. The quantitative estimate of drug-likeness (QED) is 0.487. The minimum Gasteiger partial charge on any atom is -0.351 e. The van der Waals surface area contributed by atoms with Gasteiger partial charge < -0.3 is 10.6 Å². The number of hydrogen-bond acceptors (Lipinski definition) is 5. The van der Waals surface area contributed by atoms with E-state index in [4.69, 9.17) is 0 Å². The lowest BCUT2D eigenvalue weighted by Crippen LogP contribution is -2.49. The Hall–Kier alpha value is -2.97. The molecule has 0 saturated heterocycles. The Kier molecular flexibility index (Phi) is 7.91. The van der Waals surface area contributed by atoms with Gasteiger partial charge in [0, 0.05) is 16.6 Å². The van der Waals surface area contributed by atoms with Crippen molar-refractivity contribution < 1.29 is 14.4 Å². The first-order valence-corrected chi connectivity index (χ1v) is 12.9. The van der Waals surface area contributed by atoms with E-state index in [2.05, 4.69) is 10.6 Å². The summed E-state index contributed by atoms with van der Waals surface area (Å²) < 4.78 is 0. The van der Waals surface area contributed by atoms with Crippen LogP contribution in [-0.2, 0) is 9.59 Å². The van der Waals surface area contributed by atoms with E-state index in [0.29, 0.717) is 10.6 Å². The summed E-state index contributed by atoms with van der Waals surface area (Å²) in [5.41, 5.74) is 0.616. The smallest absolute Gasteiger partial charge is 0.261 e. The molecule has 0 unspecified atom stereocenters. The summed E-state index contributed by atoms with van der Waals surface area (Å²) >= 11 is 2.76. The number of benzene rings is 1. The lowest BCUT2D eigenvalue weighted by molar-refractivity contribution is -0.126. The van der Waals surface area contributed by atoms with Crippen LogP contribution in [0.3, 0.4) is 0 Å². The molecule has 3 amide bonds. The zero-order valence-electron chi connectivity index (χ0n) is 18.2. The molecule has 3 aromatic rings. The Labute approximate surface area is 201 Å². The van der Waals surface area contributed by atoms with Crippen LogP contribution in [0.5, 0.6) is 0 Å². The highest BCUT2D eigenvalue weighted by molar-refractivity contribution is 7.12. The fourth-order valence-corrected chi connectivity index (χ4v) is 5.56. The molecule has 8 heteroatoms. The maximum atomic E-state index is 13.6. The van der Waals surface area contributed by atoms with Gasteiger partial charge in [0.05, 0.1) is 11.4 Å². The second-order valence-electron chi connectivity index (χ2n) is 8.02. The number of para-hydroxylation sites is 1. The van der Waals surface area contributed by atoms with Crippen LogP contribution >= 0.6 is 22.7 Å². The molecule has 172 valence electrons. The molecule has 0 bridgehead atoms. The van der Waals surface area contributed by atoms with Crippen LogP contribution in [0.4, 0.5) is 5.69 Å². The van der Waals surface area contributed by atoms with Crippen molar-refractivity contribution in [2.75, 3.05) is 11.4 Å². The first-order valence-electron chi connectivity index (χ1n) is 11.2. The Bertz CT molecular complexity index is 1050. The van der Waals surface area contributed by atoms with Gasteiger partial charge in [0.2, 0.25) is 11.8 Å². The molecule has 1 aliphatic rings. The van der Waals surface area contributed by atoms with Gasteiger partial charge in [0.1, 0.15) is 6.04 Å². The zero-order chi connectivity index (χ0) is 23.0. The third-order valence-corrected chi connectivity index (χ3v) is 7.51. The largest absolute Gasteiger partial charge is 0.351 e. The first-order chi connectivity index (χ1) is 16.1. The van der Waals surface area contributed by atoms with E-state index < -0.39 is 6.04 Å². The Morgan fingerprint density at radius 2 is 1.64 bits per heavy atom. The van der Waals surface area contributed by atoms with Crippen LogP contribution in [0.2, 0.25) is 0 Å². The second kappa shape index (κ2) is 11.2. The van der Waals surface area contributed by atoms with Crippen molar-refractivity contribution in [3.8, 4) is 0 Å². The van der Waals surface area contributed by atoms with Crippen LogP contribution in [-0.4, -0.2) is 30.3 Å². The predicted octanol–water partition coefficient (Wildman–Crippen LogP) is 4.76. The molecule has 2 heterocycles. The van der Waals surface area contributed by atoms with Gasteiger partial charge in [-0.05, 0) is 47.9 Å². The van der Waals surface area contributed by atoms with Crippen LogP contribution in [0, 0.1) is 0 Å². The van der Waals surface area contributed by atoms with Crippen molar-refractivity contribution in [3.05, 3.63) is 75.1 Å². The van der Waals surface area contributed by atoms with Crippen molar-refractivity contribution in [1.29, 1.82) is 0 Å². The number of nitrogens with one attached hydrogen (secondary N) is 2. The molecule has 0 aliphatic heterocycles. The third kappa shape index (κ3) is 5.89. The number of anilines is 1. The summed E-state index contributed by atoms with van der Waals surface area (Å²) in [6.45, 7) is -0.204. The average Bonchev–Trinajstić information content (AvgIpc) is 3.56. The Morgan fingerprint density at radius 3 is 2.30 bits per heavy atom. The number of nitrogens with zero attached hydrogens (tertiary/aromatic N) is 1. The summed E-state index contributed by atoms with van der Waals surface area (Å²) in [5.74, 6) is -0.833. The van der Waals surface area contributed by atoms with Gasteiger partial charge in [-0.2, -0.15) is 0 Å². The molecule has 1 aliphatic carbocycles. The molecule has 1 fully saturated rings. The maximum absolute atomic E-state index is 13.6. The molecular formula is C25H27N3O3S2. The molecule has 6 nitrogen and oxygen atoms in total. The highest BCUT2D eigenvalue weighted by Gasteiger charge is 2.34. The van der Waals surface area contributed by atoms with Crippen molar-refractivity contribution in [2.45, 2.75) is 44.2 Å². The third-order valence-electron chi connectivity index (χ3n) is 5.72. The van der Waals surface area contributed by atoms with E-state index >= 15 is 0 Å². The van der Waals surface area contributed by atoms with Crippen molar-refractivity contribution in [3.63, 3.8) is 0 Å². The second-order valence-corrected chi connectivity index (χ2v) is 9.95. The summed E-state index contributed by atoms with van der Waals surface area (Å²) in [4.78, 5) is 42.3. The van der Waals surface area contributed by atoms with Gasteiger partial charge in [0.15, 0.2) is 0 Å². The number of carbonyl (C=O) groups is 3. The number of thiophene rings is 2. The van der Waals surface area contributed by atoms with Crippen LogP contribution in [0.15, 0.2) is 65.4 Å². The molecule has 2 N–H and O–H groups in total. The van der Waals surface area contributed by atoms with Crippen molar-refractivity contribution in [1.82, 2.24) is 10.6 Å². The lowest BCUT2D eigenvalue weighted by atomic mass is 9.95. The van der Waals surface area contributed by atoms with E-state index in [1.165, 1.54) is 34.0 Å². The normalized spacial score (nSPS) is 14.9. The molecule has 33 heavy (non-hydrogen) atoms. The van der Waals surface area contributed by atoms with Crippen LogP contribution in [0.1, 0.15) is 52.7 Å². The van der Waals surface area contributed by atoms with Gasteiger partial charge in [0.25, 0.3) is 5.91 Å². The number of rotatable bonds is 8. The van der Waals surface area contributed by atoms with Gasteiger partial charge in [-0.3, -0.25) is 19.3 Å². The SMILES string of the molecule is O=C(NCC(=O)N(c1ccccc1)[C@@H](C(=O)NC1CCCCC1)c1cccs1)c1cccs1. The average molecular weight is 482 g/mol. The minimum atomic E-state index is -0.805. The van der Waals surface area contributed by atoms with Crippen molar-refractivity contribution in [2.24, 2.45) is 0 Å². The summed E-state index contributed by atoms with van der Waals surface area (Å²) in [6.07, 6.45) is 5.31. The van der Waals surface area contributed by atoms with Gasteiger partial charge in [-0.1, -0.05) is 49.6 Å². The number of hydrogen-bond donors (Lipinski definition) is 2. The standard InChI is InChI=1S/C25H27N3O3S2/c29-22(17-26-24(30)21-14-8-16-33-21)28(19-11-5-2-6-12-19)23(20-13-7-15-32-20)25(31)27-18-9-3-1-4-10-18/h2,5-8,11-16,18,23H,1,3-4,9-10,17H2,(H,26,30)(H,27,31)/t23-/m1/s1. The fourth-order valence-electron chi connectivity index (χ4n) is 4.11. The van der Waals surface area contributed by atoms with E-state index in [1.807, 2.05) is 53.2 Å². The van der Waals surface area contributed by atoms with Gasteiger partial charge >= 0.3 is 0 Å². The highest BCUT2D eigenvalue weighted by Crippen LogP contribution is 2.31. The van der Waals surface area contributed by atoms with Gasteiger partial charge in [-0.25, -0.2) is 0 Å². The van der Waals surface area contributed by atoms with Crippen LogP contribution in [0.25, 0.3) is 0 Å². The molecule has 1 saturated carbocycles. The lowest BCUT2D eigenvalue weighted by Gasteiger charge is -2.32. The molecule has 1 atom stereocenters. The van der Waals surface area contributed by atoms with Crippen molar-refractivity contribution >= 4 is 46.1 Å². The maximum Gasteiger partial charge on any atom is 0.261 e. The topological polar surface area (TPSA) is 78.5 Å². The number of amides is 3. The van der Waals surface area contributed by atoms with E-state index in [9.17, 15) is 14.4 Å². The minimum absolute atomic E-state index is 0.125. The predicted molar refractivity (Wildman–Crippen MR) is 133 cm³/mol. The summed E-state index contributed by atoms with van der Waals surface area (Å²) in [6, 6.07) is 15.8. The Morgan fingerprint density at radius 1 is 0.909 bits per heavy atom.